The molecule has 3 amide bonds. The number of rotatable bonds is 9. The summed E-state index contributed by atoms with van der Waals surface area (Å²) in [5, 5.41) is 15.9. The van der Waals surface area contributed by atoms with Crippen LogP contribution in [0.1, 0.15) is 94.5 Å². The van der Waals surface area contributed by atoms with Crippen LogP contribution in [0.4, 0.5) is 4.79 Å². The van der Waals surface area contributed by atoms with E-state index in [0.717, 1.165) is 54.4 Å². The highest BCUT2D eigenvalue weighted by atomic mass is 16.6. The van der Waals surface area contributed by atoms with Gasteiger partial charge in [-0.25, -0.2) is 4.79 Å². The van der Waals surface area contributed by atoms with Crippen molar-refractivity contribution in [2.45, 2.75) is 116 Å². The minimum Gasteiger partial charge on any atom is -0.508 e. The van der Waals surface area contributed by atoms with Gasteiger partial charge in [-0.1, -0.05) is 67.6 Å². The third kappa shape index (κ3) is 8.49. The second-order valence-corrected chi connectivity index (χ2v) is 13.3. The first-order chi connectivity index (χ1) is 19.8. The second-order valence-electron chi connectivity index (χ2n) is 13.3. The van der Waals surface area contributed by atoms with Crippen LogP contribution >= 0.6 is 0 Å². The third-order valence-electron chi connectivity index (χ3n) is 8.08. The van der Waals surface area contributed by atoms with E-state index in [-0.39, 0.29) is 42.0 Å². The number of hydrogen-bond acceptors (Lipinski definition) is 5. The van der Waals surface area contributed by atoms with E-state index < -0.39 is 23.8 Å². The molecule has 0 spiro atoms. The van der Waals surface area contributed by atoms with Crippen LogP contribution in [-0.2, 0) is 20.7 Å². The summed E-state index contributed by atoms with van der Waals surface area (Å²) in [4.78, 5) is 43.6. The lowest BCUT2D eigenvalue weighted by molar-refractivity contribution is -0.143. The van der Waals surface area contributed by atoms with Gasteiger partial charge in [-0.15, -0.1) is 0 Å². The number of aromatic hydroxyl groups is 1. The van der Waals surface area contributed by atoms with Gasteiger partial charge >= 0.3 is 6.09 Å². The number of aryl methyl sites for hydroxylation is 2. The first-order valence-corrected chi connectivity index (χ1v) is 15.3. The predicted octanol–water partition coefficient (Wildman–Crippen LogP) is 5.87. The molecule has 4 unspecified atom stereocenters. The highest BCUT2D eigenvalue weighted by molar-refractivity contribution is 5.93. The third-order valence-corrected chi connectivity index (χ3v) is 8.08. The van der Waals surface area contributed by atoms with Crippen molar-refractivity contribution >= 4 is 17.9 Å². The lowest BCUT2D eigenvalue weighted by atomic mass is 9.93. The van der Waals surface area contributed by atoms with Crippen LogP contribution in [0.2, 0.25) is 0 Å². The number of nitrogens with zero attached hydrogens (tertiary/aromatic N) is 1. The number of benzene rings is 2. The molecule has 42 heavy (non-hydrogen) atoms. The summed E-state index contributed by atoms with van der Waals surface area (Å²) in [6, 6.07) is 10.7. The minimum absolute atomic E-state index is 0.0842. The van der Waals surface area contributed by atoms with Crippen molar-refractivity contribution in [2.75, 3.05) is 0 Å². The SMILES string of the molecule is Cc1cc(C)cc(C(C(=O)NC2CCCCC2)N(C(=O)C(Cc2ccc(O)cc2)NC(=O)OC(C)(C)C)C2CC2C)c1. The molecule has 2 saturated carbocycles. The number of carbonyl (C=O) groups is 3. The Morgan fingerprint density at radius 1 is 1.00 bits per heavy atom. The number of phenolic OH excluding ortho intramolecular Hbond substituents is 1. The highest BCUT2D eigenvalue weighted by Crippen LogP contribution is 2.41. The lowest BCUT2D eigenvalue weighted by Gasteiger charge is -2.36. The predicted molar refractivity (Wildman–Crippen MR) is 163 cm³/mol. The first-order valence-electron chi connectivity index (χ1n) is 15.3. The summed E-state index contributed by atoms with van der Waals surface area (Å²) in [5.74, 6) is -0.170. The quantitative estimate of drug-likeness (QED) is 0.345. The maximum absolute atomic E-state index is 14.7. The molecule has 2 aliphatic rings. The standard InChI is InChI=1S/C34H47N3O5/c1-21-16-22(2)18-25(17-21)30(31(39)35-26-10-8-7-9-11-26)37(29-19-23(29)3)32(40)28(36-33(41)42-34(4,5)6)20-24-12-14-27(38)15-13-24/h12-18,23,26,28-30,38H,7-11,19-20H2,1-6H3,(H,35,39)(H,36,41). The molecule has 0 aromatic heterocycles. The van der Waals surface area contributed by atoms with Crippen LogP contribution in [0.5, 0.6) is 5.75 Å². The zero-order valence-corrected chi connectivity index (χ0v) is 25.9. The summed E-state index contributed by atoms with van der Waals surface area (Å²) in [6.07, 6.45) is 5.46. The maximum atomic E-state index is 14.7. The van der Waals surface area contributed by atoms with Gasteiger partial charge in [0.15, 0.2) is 0 Å². The molecule has 2 aromatic rings. The molecule has 0 bridgehead atoms. The summed E-state index contributed by atoms with van der Waals surface area (Å²) >= 11 is 0. The van der Waals surface area contributed by atoms with E-state index in [1.165, 1.54) is 6.42 Å². The van der Waals surface area contributed by atoms with Crippen molar-refractivity contribution in [3.05, 3.63) is 64.7 Å². The van der Waals surface area contributed by atoms with Gasteiger partial charge in [-0.3, -0.25) is 9.59 Å². The van der Waals surface area contributed by atoms with Gasteiger partial charge in [0, 0.05) is 18.5 Å². The fraction of sp³-hybridized carbons (Fsp3) is 0.559. The van der Waals surface area contributed by atoms with Crippen LogP contribution in [-0.4, -0.2) is 51.6 Å². The van der Waals surface area contributed by atoms with E-state index in [9.17, 15) is 19.5 Å². The van der Waals surface area contributed by atoms with Gasteiger partial charge in [0.1, 0.15) is 23.4 Å². The van der Waals surface area contributed by atoms with Crippen LogP contribution in [0.15, 0.2) is 42.5 Å². The van der Waals surface area contributed by atoms with E-state index in [4.69, 9.17) is 4.74 Å². The number of carbonyl (C=O) groups excluding carboxylic acids is 3. The van der Waals surface area contributed by atoms with Crippen LogP contribution in [0, 0.1) is 19.8 Å². The van der Waals surface area contributed by atoms with E-state index >= 15 is 0 Å². The zero-order valence-electron chi connectivity index (χ0n) is 25.9. The Labute approximate surface area is 250 Å². The molecular weight excluding hydrogens is 530 g/mol. The Balaban J connectivity index is 1.73. The largest absolute Gasteiger partial charge is 0.508 e. The molecule has 8 heteroatoms. The van der Waals surface area contributed by atoms with Gasteiger partial charge in [-0.2, -0.15) is 0 Å². The highest BCUT2D eigenvalue weighted by Gasteiger charge is 2.48. The number of hydrogen-bond donors (Lipinski definition) is 3. The minimum atomic E-state index is -0.979. The van der Waals surface area contributed by atoms with E-state index in [1.807, 2.05) is 26.0 Å². The van der Waals surface area contributed by atoms with Crippen molar-refractivity contribution in [2.24, 2.45) is 5.92 Å². The van der Waals surface area contributed by atoms with Gasteiger partial charge in [0.05, 0.1) is 0 Å². The van der Waals surface area contributed by atoms with Crippen molar-refractivity contribution in [1.82, 2.24) is 15.5 Å². The monoisotopic (exact) mass is 577 g/mol. The zero-order chi connectivity index (χ0) is 30.6. The Kier molecular flexibility index (Phi) is 9.85. The molecule has 0 radical (unpaired) electrons. The molecule has 0 aliphatic heterocycles. The van der Waals surface area contributed by atoms with E-state index in [2.05, 4.69) is 23.6 Å². The number of ether oxygens (including phenoxy) is 1. The molecule has 4 atom stereocenters. The van der Waals surface area contributed by atoms with Crippen LogP contribution in [0.25, 0.3) is 0 Å². The fourth-order valence-electron chi connectivity index (χ4n) is 6.00. The molecule has 2 fully saturated rings. The van der Waals surface area contributed by atoms with E-state index in [0.29, 0.717) is 0 Å². The summed E-state index contributed by atoms with van der Waals surface area (Å²) in [7, 11) is 0. The van der Waals surface area contributed by atoms with Crippen molar-refractivity contribution < 1.29 is 24.2 Å². The summed E-state index contributed by atoms with van der Waals surface area (Å²) in [5.41, 5.74) is 2.82. The Morgan fingerprint density at radius 2 is 1.60 bits per heavy atom. The second kappa shape index (κ2) is 13.2. The number of phenols is 1. The summed E-state index contributed by atoms with van der Waals surface area (Å²) in [6.45, 7) is 11.4. The first kappa shape index (κ1) is 31.4. The molecule has 3 N–H and O–H groups in total. The number of nitrogens with one attached hydrogen (secondary N) is 2. The normalized spacial score (nSPS) is 20.2. The van der Waals surface area contributed by atoms with Gasteiger partial charge < -0.3 is 25.4 Å². The lowest BCUT2D eigenvalue weighted by Crippen LogP contribution is -2.55. The molecule has 0 saturated heterocycles. The molecular formula is C34H47N3O5. The van der Waals surface area contributed by atoms with Gasteiger partial charge in [0.2, 0.25) is 11.8 Å². The number of alkyl carbamates (subject to hydrolysis) is 1. The van der Waals surface area contributed by atoms with Crippen molar-refractivity contribution in [1.29, 1.82) is 0 Å². The van der Waals surface area contributed by atoms with Crippen molar-refractivity contribution in [3.63, 3.8) is 0 Å². The molecule has 0 heterocycles. The van der Waals surface area contributed by atoms with Crippen molar-refractivity contribution in [3.8, 4) is 5.75 Å². The molecule has 228 valence electrons. The molecule has 8 nitrogen and oxygen atoms in total. The molecule has 4 rings (SSSR count). The average molecular weight is 578 g/mol. The van der Waals surface area contributed by atoms with Crippen LogP contribution in [0.3, 0.4) is 0 Å². The van der Waals surface area contributed by atoms with E-state index in [1.54, 1.807) is 49.9 Å². The van der Waals surface area contributed by atoms with Crippen LogP contribution < -0.4 is 10.6 Å². The number of amides is 3. The summed E-state index contributed by atoms with van der Waals surface area (Å²) < 4.78 is 5.54. The fourth-order valence-corrected chi connectivity index (χ4v) is 6.00. The Bertz CT molecular complexity index is 1240. The maximum Gasteiger partial charge on any atom is 0.408 e. The Hall–Kier alpha value is -3.55. The Morgan fingerprint density at radius 3 is 2.14 bits per heavy atom. The smallest absolute Gasteiger partial charge is 0.408 e. The topological polar surface area (TPSA) is 108 Å². The molecule has 2 aliphatic carbocycles. The average Bonchev–Trinajstić information content (AvgIpc) is 3.62. The molecule has 2 aromatic carbocycles. The van der Waals surface area contributed by atoms with Gasteiger partial charge in [-0.05, 0) is 83.1 Å². The van der Waals surface area contributed by atoms with Gasteiger partial charge in [0.25, 0.3) is 0 Å².